The van der Waals surface area contributed by atoms with Gasteiger partial charge in [0.1, 0.15) is 11.6 Å². The van der Waals surface area contributed by atoms with Crippen molar-refractivity contribution in [3.63, 3.8) is 0 Å². The number of ether oxygens (including phenoxy) is 3. The standard InChI is InChI=1S/C30H32ClFN2O7S/c1-39-26-10-12-27(13-11-26)42(37,38)34(14-16-35)15-17-40-29-19-23(22-4-6-24(31)7-5-22)18-28(41-29)30(36)33-20-21-2-8-25(32)9-3-21/h2-13,18,23,29,35H,14-17,19-20H2,1H3,(H,33,36)/t23-,29+/m1/s1. The van der Waals surface area contributed by atoms with E-state index in [0.29, 0.717) is 22.8 Å². The third-order valence-electron chi connectivity index (χ3n) is 6.64. The number of carbonyl (C=O) groups is 1. The number of carbonyl (C=O) groups excluding carboxylic acids is 1. The topological polar surface area (TPSA) is 114 Å². The van der Waals surface area contributed by atoms with E-state index in [1.54, 1.807) is 42.5 Å². The predicted octanol–water partition coefficient (Wildman–Crippen LogP) is 4.22. The third kappa shape index (κ3) is 8.30. The van der Waals surface area contributed by atoms with Crippen LogP contribution in [0.2, 0.25) is 5.02 Å². The van der Waals surface area contributed by atoms with Crippen LogP contribution in [0, 0.1) is 5.82 Å². The smallest absolute Gasteiger partial charge is 0.286 e. The Hall–Kier alpha value is -3.48. The normalized spacial score (nSPS) is 16.9. The number of allylic oxidation sites excluding steroid dienone is 1. The minimum Gasteiger partial charge on any atom is -0.497 e. The summed E-state index contributed by atoms with van der Waals surface area (Å²) in [7, 11) is -2.44. The molecule has 0 aliphatic carbocycles. The molecule has 0 aromatic heterocycles. The molecule has 1 heterocycles. The minimum atomic E-state index is -3.92. The van der Waals surface area contributed by atoms with Crippen molar-refractivity contribution in [3.8, 4) is 5.75 Å². The fraction of sp³-hybridized carbons (Fsp3) is 0.300. The molecular weight excluding hydrogens is 587 g/mol. The Labute approximate surface area is 249 Å². The summed E-state index contributed by atoms with van der Waals surface area (Å²) in [5, 5.41) is 12.9. The zero-order valence-electron chi connectivity index (χ0n) is 22.9. The van der Waals surface area contributed by atoms with E-state index in [1.807, 2.05) is 12.1 Å². The van der Waals surface area contributed by atoms with E-state index in [-0.39, 0.29) is 55.2 Å². The molecule has 0 fully saturated rings. The molecule has 0 unspecified atom stereocenters. The van der Waals surface area contributed by atoms with E-state index in [0.717, 1.165) is 9.87 Å². The summed E-state index contributed by atoms with van der Waals surface area (Å²) in [6.45, 7) is -0.465. The maximum atomic E-state index is 13.2. The van der Waals surface area contributed by atoms with Crippen molar-refractivity contribution in [2.45, 2.75) is 30.1 Å². The molecule has 1 aliphatic rings. The molecule has 0 saturated carbocycles. The summed E-state index contributed by atoms with van der Waals surface area (Å²) in [4.78, 5) is 13.1. The third-order valence-corrected chi connectivity index (χ3v) is 8.80. The van der Waals surface area contributed by atoms with Crippen LogP contribution in [0.15, 0.2) is 89.5 Å². The van der Waals surface area contributed by atoms with E-state index in [1.165, 1.54) is 31.4 Å². The molecule has 12 heteroatoms. The van der Waals surface area contributed by atoms with E-state index in [4.69, 9.17) is 25.8 Å². The zero-order valence-corrected chi connectivity index (χ0v) is 24.5. The first kappa shape index (κ1) is 31.5. The molecule has 0 spiro atoms. The lowest BCUT2D eigenvalue weighted by Crippen LogP contribution is -2.38. The molecule has 2 N–H and O–H groups in total. The van der Waals surface area contributed by atoms with Crippen LogP contribution in [-0.4, -0.2) is 63.4 Å². The van der Waals surface area contributed by atoms with Crippen LogP contribution in [0.1, 0.15) is 23.5 Å². The van der Waals surface area contributed by atoms with Gasteiger partial charge in [0.25, 0.3) is 5.91 Å². The Morgan fingerprint density at radius 2 is 1.76 bits per heavy atom. The molecule has 3 aromatic rings. The molecule has 4 rings (SSSR count). The van der Waals surface area contributed by atoms with Gasteiger partial charge in [-0.05, 0) is 65.7 Å². The summed E-state index contributed by atoms with van der Waals surface area (Å²) in [6, 6.07) is 18.9. The predicted molar refractivity (Wildman–Crippen MR) is 155 cm³/mol. The van der Waals surface area contributed by atoms with Gasteiger partial charge in [-0.2, -0.15) is 4.31 Å². The summed E-state index contributed by atoms with van der Waals surface area (Å²) in [6.07, 6.45) is 1.21. The first-order valence-corrected chi connectivity index (χ1v) is 15.0. The molecule has 2 atom stereocenters. The first-order chi connectivity index (χ1) is 20.2. The van der Waals surface area contributed by atoms with Gasteiger partial charge >= 0.3 is 0 Å². The highest BCUT2D eigenvalue weighted by atomic mass is 35.5. The Morgan fingerprint density at radius 3 is 2.40 bits per heavy atom. The molecule has 1 aliphatic heterocycles. The number of hydrogen-bond donors (Lipinski definition) is 2. The fourth-order valence-electron chi connectivity index (χ4n) is 4.38. The van der Waals surface area contributed by atoms with Gasteiger partial charge in [-0.15, -0.1) is 0 Å². The van der Waals surface area contributed by atoms with Crippen molar-refractivity contribution in [2.24, 2.45) is 0 Å². The molecule has 3 aromatic carbocycles. The SMILES string of the molecule is COc1ccc(S(=O)(=O)N(CCO)CCO[C@@H]2C[C@H](c3ccc(Cl)cc3)C=C(C(=O)NCc3ccc(F)cc3)O2)cc1. The van der Waals surface area contributed by atoms with Gasteiger partial charge in [-0.25, -0.2) is 12.8 Å². The minimum absolute atomic E-state index is 0.0476. The number of nitrogens with zero attached hydrogens (tertiary/aromatic N) is 1. The highest BCUT2D eigenvalue weighted by molar-refractivity contribution is 7.89. The number of sulfonamides is 1. The monoisotopic (exact) mass is 618 g/mol. The molecule has 9 nitrogen and oxygen atoms in total. The maximum Gasteiger partial charge on any atom is 0.286 e. The Bertz CT molecular complexity index is 1470. The summed E-state index contributed by atoms with van der Waals surface area (Å²) in [5.41, 5.74) is 1.61. The molecule has 0 radical (unpaired) electrons. The second kappa shape index (κ2) is 14.6. The largest absolute Gasteiger partial charge is 0.497 e. The van der Waals surface area contributed by atoms with Crippen molar-refractivity contribution in [3.05, 3.63) is 107 Å². The quantitative estimate of drug-likeness (QED) is 0.295. The van der Waals surface area contributed by atoms with Crippen LogP contribution in [-0.2, 0) is 30.8 Å². The fourth-order valence-corrected chi connectivity index (χ4v) is 5.92. The number of nitrogens with one attached hydrogen (secondary N) is 1. The van der Waals surface area contributed by atoms with Gasteiger partial charge in [0.15, 0.2) is 5.76 Å². The number of amides is 1. The van der Waals surface area contributed by atoms with Gasteiger partial charge in [-0.3, -0.25) is 4.79 Å². The number of aliphatic hydroxyl groups excluding tert-OH is 1. The number of hydrogen-bond acceptors (Lipinski definition) is 7. The van der Waals surface area contributed by atoms with Gasteiger partial charge in [0, 0.05) is 37.0 Å². The second-order valence-corrected chi connectivity index (χ2v) is 11.8. The van der Waals surface area contributed by atoms with Crippen LogP contribution in [0.4, 0.5) is 4.39 Å². The van der Waals surface area contributed by atoms with Crippen molar-refractivity contribution in [1.82, 2.24) is 9.62 Å². The second-order valence-electron chi connectivity index (χ2n) is 9.46. The molecular formula is C30H32ClFN2O7S. The molecule has 0 saturated heterocycles. The zero-order chi connectivity index (χ0) is 30.1. The molecule has 1 amide bonds. The van der Waals surface area contributed by atoms with E-state index in [9.17, 15) is 22.7 Å². The lowest BCUT2D eigenvalue weighted by Gasteiger charge is -2.30. The van der Waals surface area contributed by atoms with Gasteiger partial charge in [-0.1, -0.05) is 35.9 Å². The molecule has 224 valence electrons. The summed E-state index contributed by atoms with van der Waals surface area (Å²) < 4.78 is 57.7. The van der Waals surface area contributed by atoms with Crippen molar-refractivity contribution < 1.29 is 36.9 Å². The number of halogens is 2. The van der Waals surface area contributed by atoms with E-state index < -0.39 is 22.2 Å². The van der Waals surface area contributed by atoms with E-state index >= 15 is 0 Å². The average Bonchev–Trinajstić information content (AvgIpc) is 3.00. The Balaban J connectivity index is 1.44. The van der Waals surface area contributed by atoms with Crippen LogP contribution < -0.4 is 10.1 Å². The van der Waals surface area contributed by atoms with Crippen molar-refractivity contribution >= 4 is 27.5 Å². The van der Waals surface area contributed by atoms with Gasteiger partial charge < -0.3 is 24.6 Å². The number of rotatable bonds is 13. The van der Waals surface area contributed by atoms with Gasteiger partial charge in [0.2, 0.25) is 16.3 Å². The van der Waals surface area contributed by atoms with Gasteiger partial charge in [0.05, 0.1) is 25.2 Å². The lowest BCUT2D eigenvalue weighted by molar-refractivity contribution is -0.146. The maximum absolute atomic E-state index is 13.2. The van der Waals surface area contributed by atoms with Crippen molar-refractivity contribution in [2.75, 3.05) is 33.4 Å². The highest BCUT2D eigenvalue weighted by Gasteiger charge is 2.30. The van der Waals surface area contributed by atoms with Crippen LogP contribution in [0.3, 0.4) is 0 Å². The molecule has 42 heavy (non-hydrogen) atoms. The number of aliphatic hydroxyl groups is 1. The molecule has 0 bridgehead atoms. The Morgan fingerprint density at radius 1 is 1.07 bits per heavy atom. The Kier molecular flexibility index (Phi) is 10.9. The summed E-state index contributed by atoms with van der Waals surface area (Å²) >= 11 is 6.06. The number of benzene rings is 3. The highest BCUT2D eigenvalue weighted by Crippen LogP contribution is 2.32. The average molecular weight is 619 g/mol. The van der Waals surface area contributed by atoms with Crippen molar-refractivity contribution in [1.29, 1.82) is 0 Å². The summed E-state index contributed by atoms with van der Waals surface area (Å²) in [5.74, 6) is -0.532. The van der Waals surface area contributed by atoms with Crippen LogP contribution >= 0.6 is 11.6 Å². The van der Waals surface area contributed by atoms with Crippen LogP contribution in [0.25, 0.3) is 0 Å². The van der Waals surface area contributed by atoms with E-state index in [2.05, 4.69) is 5.32 Å². The number of methoxy groups -OCH3 is 1. The first-order valence-electron chi connectivity index (χ1n) is 13.2. The van der Waals surface area contributed by atoms with Crippen LogP contribution in [0.5, 0.6) is 5.75 Å². The lowest BCUT2D eigenvalue weighted by atomic mass is 9.93.